The highest BCUT2D eigenvalue weighted by Crippen LogP contribution is 2.25. The minimum absolute atomic E-state index is 0.00549. The first-order valence-corrected chi connectivity index (χ1v) is 10.4. The summed E-state index contributed by atoms with van der Waals surface area (Å²) in [5.41, 5.74) is 2.23. The summed E-state index contributed by atoms with van der Waals surface area (Å²) >= 11 is 2.29. The fourth-order valence-electron chi connectivity index (χ4n) is 3.38. The summed E-state index contributed by atoms with van der Waals surface area (Å²) in [4.78, 5) is 36.8. The topological polar surface area (TPSA) is 78.4 Å². The normalized spacial score (nSPS) is 14.1. The second-order valence-corrected chi connectivity index (χ2v) is 8.14. The van der Waals surface area contributed by atoms with E-state index in [2.05, 4.69) is 48.8 Å². The molecule has 2 heterocycles. The Labute approximate surface area is 182 Å². The number of piperazine rings is 1. The Bertz CT molecular complexity index is 1060. The Morgan fingerprint density at radius 1 is 1.00 bits per heavy atom. The van der Waals surface area contributed by atoms with E-state index in [1.165, 1.54) is 6.92 Å². The van der Waals surface area contributed by atoms with Crippen LogP contribution in [0.1, 0.15) is 17.3 Å². The zero-order valence-corrected chi connectivity index (χ0v) is 18.1. The molecule has 2 aromatic carbocycles. The number of ketones is 1. The van der Waals surface area contributed by atoms with Crippen LogP contribution < -0.4 is 10.2 Å². The van der Waals surface area contributed by atoms with E-state index in [1.54, 1.807) is 35.5 Å². The molecule has 0 unspecified atom stereocenters. The molecule has 3 aromatic rings. The molecule has 4 rings (SSSR count). The second kappa shape index (κ2) is 8.32. The van der Waals surface area contributed by atoms with Crippen LogP contribution in [0, 0.1) is 3.57 Å². The van der Waals surface area contributed by atoms with Gasteiger partial charge in [-0.05, 0) is 72.0 Å². The van der Waals surface area contributed by atoms with E-state index in [4.69, 9.17) is 0 Å². The van der Waals surface area contributed by atoms with Crippen LogP contribution >= 0.6 is 22.6 Å². The third-order valence-corrected chi connectivity index (χ3v) is 5.66. The maximum absolute atomic E-state index is 12.6. The fourth-order valence-corrected chi connectivity index (χ4v) is 3.87. The number of Topliss-reactive ketones (excluding diaryl/α,β-unsaturated/α-hetero) is 1. The average Bonchev–Trinajstić information content (AvgIpc) is 2.74. The lowest BCUT2D eigenvalue weighted by molar-refractivity contribution is 0.101. The number of amides is 2. The molecule has 0 spiro atoms. The number of carbonyl (C=O) groups excluding carboxylic acids is 2. The molecule has 8 heteroatoms. The highest BCUT2D eigenvalue weighted by molar-refractivity contribution is 14.1. The van der Waals surface area contributed by atoms with Crippen molar-refractivity contribution < 1.29 is 9.59 Å². The van der Waals surface area contributed by atoms with Crippen molar-refractivity contribution in [1.29, 1.82) is 0 Å². The standard InChI is InChI=1S/C21H20IN5O2/c1-14(28)15-2-5-17(6-3-15)25-21(29)27-10-8-26(9-11-27)20-18-12-16(22)4-7-19(18)23-13-24-20/h2-7,12-13H,8-11H2,1H3,(H,25,29). The summed E-state index contributed by atoms with van der Waals surface area (Å²) in [5, 5.41) is 3.93. The number of urea groups is 1. The summed E-state index contributed by atoms with van der Waals surface area (Å²) in [5.74, 6) is 0.916. The first kappa shape index (κ1) is 19.6. The van der Waals surface area contributed by atoms with E-state index in [0.717, 1.165) is 20.3 Å². The molecule has 0 bridgehead atoms. The van der Waals surface area contributed by atoms with Gasteiger partial charge in [0.1, 0.15) is 12.1 Å². The smallest absolute Gasteiger partial charge is 0.321 e. The maximum Gasteiger partial charge on any atom is 0.321 e. The second-order valence-electron chi connectivity index (χ2n) is 6.90. The fraction of sp³-hybridized carbons (Fsp3) is 0.238. The molecule has 7 nitrogen and oxygen atoms in total. The Hall–Kier alpha value is -2.75. The lowest BCUT2D eigenvalue weighted by Gasteiger charge is -2.35. The van der Waals surface area contributed by atoms with E-state index in [-0.39, 0.29) is 11.8 Å². The van der Waals surface area contributed by atoms with Crippen molar-refractivity contribution in [2.24, 2.45) is 0 Å². The number of benzene rings is 2. The molecule has 0 radical (unpaired) electrons. The van der Waals surface area contributed by atoms with Crippen LogP contribution in [0.25, 0.3) is 10.9 Å². The van der Waals surface area contributed by atoms with E-state index in [0.29, 0.717) is 37.4 Å². The highest BCUT2D eigenvalue weighted by Gasteiger charge is 2.23. The third-order valence-electron chi connectivity index (χ3n) is 4.99. The number of fused-ring (bicyclic) bond motifs is 1. The number of anilines is 2. The third kappa shape index (κ3) is 4.31. The molecule has 148 valence electrons. The van der Waals surface area contributed by atoms with Gasteiger partial charge in [0.15, 0.2) is 5.78 Å². The van der Waals surface area contributed by atoms with Crippen molar-refractivity contribution in [3.05, 3.63) is 57.9 Å². The number of aromatic nitrogens is 2. The number of hydrogen-bond donors (Lipinski definition) is 1. The lowest BCUT2D eigenvalue weighted by Crippen LogP contribution is -2.50. The van der Waals surface area contributed by atoms with E-state index in [9.17, 15) is 9.59 Å². The molecule has 1 aliphatic rings. The summed E-state index contributed by atoms with van der Waals surface area (Å²) in [7, 11) is 0. The Kier molecular flexibility index (Phi) is 5.61. The van der Waals surface area contributed by atoms with Crippen LogP contribution in [0.15, 0.2) is 48.8 Å². The number of carbonyl (C=O) groups is 2. The van der Waals surface area contributed by atoms with E-state index < -0.39 is 0 Å². The SMILES string of the molecule is CC(=O)c1ccc(NC(=O)N2CCN(c3ncnc4ccc(I)cc34)CC2)cc1. The highest BCUT2D eigenvalue weighted by atomic mass is 127. The predicted octanol–water partition coefficient (Wildman–Crippen LogP) is 3.79. The summed E-state index contributed by atoms with van der Waals surface area (Å²) in [6.45, 7) is 4.14. The minimum atomic E-state index is -0.137. The summed E-state index contributed by atoms with van der Waals surface area (Å²) in [6.07, 6.45) is 1.59. The quantitative estimate of drug-likeness (QED) is 0.437. The van der Waals surface area contributed by atoms with Gasteiger partial charge in [0.2, 0.25) is 0 Å². The molecule has 1 fully saturated rings. The van der Waals surface area contributed by atoms with Crippen molar-refractivity contribution in [2.45, 2.75) is 6.92 Å². The average molecular weight is 501 g/mol. The molecule has 1 aromatic heterocycles. The molecule has 0 saturated carbocycles. The van der Waals surface area contributed by atoms with Crippen LogP contribution in [-0.2, 0) is 0 Å². The van der Waals surface area contributed by atoms with Crippen LogP contribution in [0.2, 0.25) is 0 Å². The van der Waals surface area contributed by atoms with Gasteiger partial charge in [-0.3, -0.25) is 4.79 Å². The molecule has 0 atom stereocenters. The van der Waals surface area contributed by atoms with Crippen LogP contribution in [0.3, 0.4) is 0 Å². The van der Waals surface area contributed by atoms with Crippen molar-refractivity contribution >= 4 is 56.8 Å². The Morgan fingerprint density at radius 2 is 1.72 bits per heavy atom. The zero-order valence-electron chi connectivity index (χ0n) is 15.9. The molecular formula is C21H20IN5O2. The van der Waals surface area contributed by atoms with Gasteiger partial charge >= 0.3 is 6.03 Å². The zero-order chi connectivity index (χ0) is 20.4. The summed E-state index contributed by atoms with van der Waals surface area (Å²) in [6, 6.07) is 12.9. The van der Waals surface area contributed by atoms with Crippen molar-refractivity contribution in [1.82, 2.24) is 14.9 Å². The van der Waals surface area contributed by atoms with Crippen molar-refractivity contribution in [2.75, 3.05) is 36.4 Å². The summed E-state index contributed by atoms with van der Waals surface area (Å²) < 4.78 is 1.14. The molecular weight excluding hydrogens is 481 g/mol. The van der Waals surface area contributed by atoms with E-state index in [1.807, 2.05) is 12.1 Å². The van der Waals surface area contributed by atoms with Gasteiger partial charge in [-0.2, -0.15) is 0 Å². The number of rotatable bonds is 3. The number of hydrogen-bond acceptors (Lipinski definition) is 5. The van der Waals surface area contributed by atoms with Crippen molar-refractivity contribution in [3.63, 3.8) is 0 Å². The maximum atomic E-state index is 12.6. The molecule has 29 heavy (non-hydrogen) atoms. The minimum Gasteiger partial charge on any atom is -0.352 e. The molecule has 1 saturated heterocycles. The van der Waals surface area contributed by atoms with Gasteiger partial charge in [-0.1, -0.05) is 0 Å². The van der Waals surface area contributed by atoms with Gasteiger partial charge in [-0.25, -0.2) is 14.8 Å². The number of nitrogens with zero attached hydrogens (tertiary/aromatic N) is 4. The largest absolute Gasteiger partial charge is 0.352 e. The van der Waals surface area contributed by atoms with Gasteiger partial charge in [0, 0.05) is 46.4 Å². The van der Waals surface area contributed by atoms with Gasteiger partial charge in [0.25, 0.3) is 0 Å². The predicted molar refractivity (Wildman–Crippen MR) is 122 cm³/mol. The molecule has 1 aliphatic heterocycles. The number of nitrogens with one attached hydrogen (secondary N) is 1. The first-order valence-electron chi connectivity index (χ1n) is 9.33. The first-order chi connectivity index (χ1) is 14.0. The molecule has 2 amide bonds. The molecule has 1 N–H and O–H groups in total. The van der Waals surface area contributed by atoms with Gasteiger partial charge in [0.05, 0.1) is 5.52 Å². The van der Waals surface area contributed by atoms with Crippen LogP contribution in [0.4, 0.5) is 16.3 Å². The van der Waals surface area contributed by atoms with Crippen LogP contribution in [0.5, 0.6) is 0 Å². The van der Waals surface area contributed by atoms with Crippen molar-refractivity contribution in [3.8, 4) is 0 Å². The van der Waals surface area contributed by atoms with E-state index >= 15 is 0 Å². The number of halogens is 1. The Balaban J connectivity index is 1.41. The molecule has 0 aliphatic carbocycles. The monoisotopic (exact) mass is 501 g/mol. The lowest BCUT2D eigenvalue weighted by atomic mass is 10.1. The van der Waals surface area contributed by atoms with Gasteiger partial charge < -0.3 is 15.1 Å². The van der Waals surface area contributed by atoms with Crippen LogP contribution in [-0.4, -0.2) is 52.9 Å². The Morgan fingerprint density at radius 3 is 2.41 bits per heavy atom. The van der Waals surface area contributed by atoms with Gasteiger partial charge in [-0.15, -0.1) is 0 Å².